The van der Waals surface area contributed by atoms with Crippen LogP contribution in [-0.2, 0) is 10.0 Å². The van der Waals surface area contributed by atoms with Gasteiger partial charge in [0, 0.05) is 13.1 Å². The number of nitriles is 1. The maximum atomic E-state index is 12.6. The van der Waals surface area contributed by atoms with Crippen LogP contribution in [0.2, 0.25) is 0 Å². The van der Waals surface area contributed by atoms with Gasteiger partial charge in [0.1, 0.15) is 0 Å². The minimum atomic E-state index is -3.48. The van der Waals surface area contributed by atoms with Gasteiger partial charge in [-0.2, -0.15) is 9.57 Å². The molecular weight excluding hydrogens is 284 g/mol. The molecule has 0 unspecified atom stereocenters. The summed E-state index contributed by atoms with van der Waals surface area (Å²) in [6, 6.07) is 8.23. The fourth-order valence-corrected chi connectivity index (χ4v) is 4.35. The fourth-order valence-electron chi connectivity index (χ4n) is 2.84. The SMILES string of the molecule is CC(C)(C)C1CCN(S(=O)(=O)c2cccc(C#N)c2)CC1. The van der Waals surface area contributed by atoms with E-state index in [0.717, 1.165) is 12.8 Å². The summed E-state index contributed by atoms with van der Waals surface area (Å²) in [5, 5.41) is 8.90. The first kappa shape index (κ1) is 16.0. The Bertz CT molecular complexity index is 646. The predicted molar refractivity (Wildman–Crippen MR) is 82.1 cm³/mol. The minimum absolute atomic E-state index is 0.218. The van der Waals surface area contributed by atoms with Gasteiger partial charge in [0.2, 0.25) is 10.0 Å². The summed E-state index contributed by atoms with van der Waals surface area (Å²) in [7, 11) is -3.48. The van der Waals surface area contributed by atoms with Crippen molar-refractivity contribution >= 4 is 10.0 Å². The Morgan fingerprint density at radius 2 is 1.86 bits per heavy atom. The Hall–Kier alpha value is -1.38. The molecule has 1 aliphatic rings. The molecule has 21 heavy (non-hydrogen) atoms. The quantitative estimate of drug-likeness (QED) is 0.844. The number of nitrogens with zero attached hydrogens (tertiary/aromatic N) is 2. The molecule has 1 fully saturated rings. The third kappa shape index (κ3) is 3.45. The average Bonchev–Trinajstić information content (AvgIpc) is 2.46. The Kier molecular flexibility index (Phi) is 4.40. The number of piperidine rings is 1. The summed E-state index contributed by atoms with van der Waals surface area (Å²) >= 11 is 0. The smallest absolute Gasteiger partial charge is 0.207 e. The molecular formula is C16H22N2O2S. The van der Waals surface area contributed by atoms with Crippen molar-refractivity contribution in [3.63, 3.8) is 0 Å². The molecule has 0 saturated carbocycles. The van der Waals surface area contributed by atoms with Gasteiger partial charge < -0.3 is 0 Å². The van der Waals surface area contributed by atoms with Gasteiger partial charge in [-0.15, -0.1) is 0 Å². The zero-order chi connectivity index (χ0) is 15.7. The molecule has 0 amide bonds. The summed E-state index contributed by atoms with van der Waals surface area (Å²) < 4.78 is 26.8. The molecule has 4 nitrogen and oxygen atoms in total. The molecule has 1 aromatic carbocycles. The molecule has 0 aliphatic carbocycles. The molecule has 0 atom stereocenters. The number of hydrogen-bond acceptors (Lipinski definition) is 3. The molecule has 0 N–H and O–H groups in total. The standard InChI is InChI=1S/C16H22N2O2S/c1-16(2,3)14-7-9-18(10-8-14)21(19,20)15-6-4-5-13(11-15)12-17/h4-6,11,14H,7-10H2,1-3H3. The fraction of sp³-hybridized carbons (Fsp3) is 0.562. The first-order chi connectivity index (χ1) is 9.75. The van der Waals surface area contributed by atoms with Crippen molar-refractivity contribution < 1.29 is 8.42 Å². The Labute approximate surface area is 127 Å². The normalized spacial score (nSPS) is 18.4. The lowest BCUT2D eigenvalue weighted by Crippen LogP contribution is -2.41. The third-order valence-electron chi connectivity index (χ3n) is 4.28. The van der Waals surface area contributed by atoms with Gasteiger partial charge in [-0.25, -0.2) is 8.42 Å². The van der Waals surface area contributed by atoms with E-state index in [-0.39, 0.29) is 10.3 Å². The van der Waals surface area contributed by atoms with Crippen LogP contribution in [0.15, 0.2) is 29.2 Å². The highest BCUT2D eigenvalue weighted by Gasteiger charge is 2.33. The van der Waals surface area contributed by atoms with E-state index < -0.39 is 10.0 Å². The third-order valence-corrected chi connectivity index (χ3v) is 6.17. The second kappa shape index (κ2) is 5.78. The van der Waals surface area contributed by atoms with E-state index in [1.165, 1.54) is 6.07 Å². The van der Waals surface area contributed by atoms with Crippen LogP contribution >= 0.6 is 0 Å². The van der Waals surface area contributed by atoms with Gasteiger partial charge in [-0.05, 0) is 42.4 Å². The second-order valence-corrected chi connectivity index (χ2v) is 8.62. The van der Waals surface area contributed by atoms with Gasteiger partial charge >= 0.3 is 0 Å². The van der Waals surface area contributed by atoms with Gasteiger partial charge in [-0.1, -0.05) is 26.8 Å². The van der Waals surface area contributed by atoms with Crippen LogP contribution in [0.3, 0.4) is 0 Å². The summed E-state index contributed by atoms with van der Waals surface area (Å²) in [6.45, 7) is 7.73. The van der Waals surface area contributed by atoms with E-state index in [9.17, 15) is 8.42 Å². The van der Waals surface area contributed by atoms with E-state index >= 15 is 0 Å². The summed E-state index contributed by atoms with van der Waals surface area (Å²) in [5.74, 6) is 0.550. The van der Waals surface area contributed by atoms with Gasteiger partial charge in [0.05, 0.1) is 16.5 Å². The monoisotopic (exact) mass is 306 g/mol. The highest BCUT2D eigenvalue weighted by atomic mass is 32.2. The predicted octanol–water partition coefficient (Wildman–Crippen LogP) is 3.01. The summed E-state index contributed by atoms with van der Waals surface area (Å²) in [5.41, 5.74) is 0.594. The summed E-state index contributed by atoms with van der Waals surface area (Å²) in [4.78, 5) is 0.218. The lowest BCUT2D eigenvalue weighted by Gasteiger charge is -2.38. The van der Waals surface area contributed by atoms with Crippen LogP contribution in [0.1, 0.15) is 39.2 Å². The number of rotatable bonds is 2. The molecule has 1 heterocycles. The van der Waals surface area contributed by atoms with Crippen molar-refractivity contribution in [2.45, 2.75) is 38.5 Å². The number of hydrogen-bond donors (Lipinski definition) is 0. The molecule has 0 aromatic heterocycles. The van der Waals surface area contributed by atoms with E-state index in [2.05, 4.69) is 20.8 Å². The zero-order valence-electron chi connectivity index (χ0n) is 12.8. The first-order valence-corrected chi connectivity index (χ1v) is 8.69. The molecule has 2 rings (SSSR count). The number of benzene rings is 1. The van der Waals surface area contributed by atoms with E-state index in [4.69, 9.17) is 5.26 Å². The van der Waals surface area contributed by atoms with Crippen LogP contribution in [0, 0.1) is 22.7 Å². The number of sulfonamides is 1. The molecule has 0 radical (unpaired) electrons. The zero-order valence-corrected chi connectivity index (χ0v) is 13.7. The highest BCUT2D eigenvalue weighted by molar-refractivity contribution is 7.89. The Morgan fingerprint density at radius 1 is 1.24 bits per heavy atom. The molecule has 1 aliphatic heterocycles. The Balaban J connectivity index is 2.17. The van der Waals surface area contributed by atoms with Crippen LogP contribution in [0.5, 0.6) is 0 Å². The molecule has 114 valence electrons. The van der Waals surface area contributed by atoms with Crippen LogP contribution in [0.25, 0.3) is 0 Å². The highest BCUT2D eigenvalue weighted by Crippen LogP contribution is 2.35. The van der Waals surface area contributed by atoms with E-state index in [1.54, 1.807) is 22.5 Å². The van der Waals surface area contributed by atoms with Crippen LogP contribution in [-0.4, -0.2) is 25.8 Å². The van der Waals surface area contributed by atoms with Crippen molar-refractivity contribution in [3.05, 3.63) is 29.8 Å². The molecule has 1 saturated heterocycles. The molecule has 5 heteroatoms. The van der Waals surface area contributed by atoms with E-state index in [0.29, 0.717) is 24.6 Å². The Morgan fingerprint density at radius 3 is 2.38 bits per heavy atom. The van der Waals surface area contributed by atoms with Crippen LogP contribution in [0.4, 0.5) is 0 Å². The van der Waals surface area contributed by atoms with Crippen molar-refractivity contribution in [2.75, 3.05) is 13.1 Å². The van der Waals surface area contributed by atoms with Gasteiger partial charge in [0.25, 0.3) is 0 Å². The molecule has 1 aromatic rings. The van der Waals surface area contributed by atoms with Gasteiger partial charge in [0.15, 0.2) is 0 Å². The minimum Gasteiger partial charge on any atom is -0.207 e. The second-order valence-electron chi connectivity index (χ2n) is 6.68. The van der Waals surface area contributed by atoms with Gasteiger partial charge in [-0.3, -0.25) is 0 Å². The molecule has 0 spiro atoms. The first-order valence-electron chi connectivity index (χ1n) is 7.25. The van der Waals surface area contributed by atoms with Crippen molar-refractivity contribution in [1.29, 1.82) is 5.26 Å². The molecule has 0 bridgehead atoms. The largest absolute Gasteiger partial charge is 0.243 e. The maximum absolute atomic E-state index is 12.6. The average molecular weight is 306 g/mol. The summed E-state index contributed by atoms with van der Waals surface area (Å²) in [6.07, 6.45) is 1.78. The lowest BCUT2D eigenvalue weighted by atomic mass is 9.76. The van der Waals surface area contributed by atoms with Crippen LogP contribution < -0.4 is 0 Å². The lowest BCUT2D eigenvalue weighted by molar-refractivity contribution is 0.154. The van der Waals surface area contributed by atoms with Crippen molar-refractivity contribution in [3.8, 4) is 6.07 Å². The van der Waals surface area contributed by atoms with Crippen molar-refractivity contribution in [1.82, 2.24) is 4.31 Å². The van der Waals surface area contributed by atoms with Crippen molar-refractivity contribution in [2.24, 2.45) is 11.3 Å². The topological polar surface area (TPSA) is 61.2 Å². The maximum Gasteiger partial charge on any atom is 0.243 e. The van der Waals surface area contributed by atoms with E-state index in [1.807, 2.05) is 6.07 Å².